The highest BCUT2D eigenvalue weighted by molar-refractivity contribution is 5.97. The summed E-state index contributed by atoms with van der Waals surface area (Å²) >= 11 is 0. The molecule has 0 bridgehead atoms. The van der Waals surface area contributed by atoms with Crippen molar-refractivity contribution in [1.82, 2.24) is 10.3 Å². The predicted octanol–water partition coefficient (Wildman–Crippen LogP) is 6.04. The Labute approximate surface area is 187 Å². The highest BCUT2D eigenvalue weighted by atomic mass is 16.4. The van der Waals surface area contributed by atoms with Gasteiger partial charge in [0, 0.05) is 5.92 Å². The zero-order chi connectivity index (χ0) is 22.1. The number of nitrogens with zero attached hydrogens (tertiary/aromatic N) is 1. The molecular formula is C27H28N2O3. The Balaban J connectivity index is 1.30. The van der Waals surface area contributed by atoms with Crippen LogP contribution in [0.3, 0.4) is 0 Å². The fourth-order valence-corrected chi connectivity index (χ4v) is 5.04. The topological polar surface area (TPSA) is 79.3 Å². The SMILES string of the molecule is O=C(O)NCc1ccc(C2CC2)c(C(=O)C2CCC(c3ccc4ccccc4c3)CC2)n1. The second-order valence-corrected chi connectivity index (χ2v) is 9.19. The molecule has 3 aromatic rings. The van der Waals surface area contributed by atoms with Crippen LogP contribution in [0.1, 0.15) is 77.7 Å². The van der Waals surface area contributed by atoms with Crippen LogP contribution in [-0.4, -0.2) is 22.0 Å². The Bertz CT molecular complexity index is 1160. The van der Waals surface area contributed by atoms with Crippen molar-refractivity contribution in [2.45, 2.75) is 56.9 Å². The number of hydrogen-bond acceptors (Lipinski definition) is 3. The van der Waals surface area contributed by atoms with Crippen molar-refractivity contribution in [2.24, 2.45) is 5.92 Å². The molecule has 0 saturated heterocycles. The second kappa shape index (κ2) is 8.73. The van der Waals surface area contributed by atoms with E-state index in [-0.39, 0.29) is 18.2 Å². The Morgan fingerprint density at radius 1 is 0.875 bits per heavy atom. The number of Topliss-reactive ketones (excluding diaryl/α,β-unsaturated/α-hetero) is 1. The van der Waals surface area contributed by atoms with Gasteiger partial charge in [0.1, 0.15) is 5.69 Å². The van der Waals surface area contributed by atoms with Gasteiger partial charge in [-0.25, -0.2) is 9.78 Å². The molecule has 2 saturated carbocycles. The molecule has 5 heteroatoms. The Morgan fingerprint density at radius 3 is 2.31 bits per heavy atom. The number of aromatic nitrogens is 1. The molecule has 1 amide bonds. The van der Waals surface area contributed by atoms with Crippen LogP contribution in [0.2, 0.25) is 0 Å². The van der Waals surface area contributed by atoms with Crippen LogP contribution in [0.25, 0.3) is 10.8 Å². The molecule has 0 radical (unpaired) electrons. The summed E-state index contributed by atoms with van der Waals surface area (Å²) in [6, 6.07) is 19.0. The number of nitrogens with one attached hydrogen (secondary N) is 1. The molecular weight excluding hydrogens is 400 g/mol. The fourth-order valence-electron chi connectivity index (χ4n) is 5.04. The van der Waals surface area contributed by atoms with Gasteiger partial charge in [-0.3, -0.25) is 4.79 Å². The van der Waals surface area contributed by atoms with Crippen LogP contribution in [0, 0.1) is 5.92 Å². The van der Waals surface area contributed by atoms with Crippen molar-refractivity contribution >= 4 is 22.6 Å². The van der Waals surface area contributed by atoms with E-state index in [0.717, 1.165) is 44.1 Å². The number of benzene rings is 2. The van der Waals surface area contributed by atoms with E-state index in [1.807, 2.05) is 12.1 Å². The normalized spacial score (nSPS) is 20.8. The lowest BCUT2D eigenvalue weighted by atomic mass is 9.76. The Morgan fingerprint density at radius 2 is 1.59 bits per heavy atom. The van der Waals surface area contributed by atoms with E-state index in [1.165, 1.54) is 16.3 Å². The van der Waals surface area contributed by atoms with Crippen molar-refractivity contribution < 1.29 is 14.7 Å². The average molecular weight is 429 g/mol. The van der Waals surface area contributed by atoms with Crippen LogP contribution in [0.5, 0.6) is 0 Å². The summed E-state index contributed by atoms with van der Waals surface area (Å²) in [4.78, 5) is 28.9. The first-order valence-corrected chi connectivity index (χ1v) is 11.6. The molecule has 2 aliphatic carbocycles. The third-order valence-electron chi connectivity index (χ3n) is 7.00. The first kappa shape index (κ1) is 20.7. The summed E-state index contributed by atoms with van der Waals surface area (Å²) in [6.45, 7) is 0.120. The molecule has 2 fully saturated rings. The molecule has 2 N–H and O–H groups in total. The van der Waals surface area contributed by atoms with Gasteiger partial charge in [-0.2, -0.15) is 0 Å². The van der Waals surface area contributed by atoms with Crippen LogP contribution in [0.4, 0.5) is 4.79 Å². The number of hydrogen-bond donors (Lipinski definition) is 2. The van der Waals surface area contributed by atoms with Gasteiger partial charge in [0.2, 0.25) is 0 Å². The summed E-state index contributed by atoms with van der Waals surface area (Å²) in [5, 5.41) is 13.8. The predicted molar refractivity (Wildman–Crippen MR) is 124 cm³/mol. The maximum Gasteiger partial charge on any atom is 0.404 e. The summed E-state index contributed by atoms with van der Waals surface area (Å²) in [5.74, 6) is 1.06. The van der Waals surface area contributed by atoms with E-state index < -0.39 is 6.09 Å². The van der Waals surface area contributed by atoms with E-state index in [0.29, 0.717) is 23.2 Å². The Hall–Kier alpha value is -3.21. The standard InChI is InChI=1S/C27H28N2O3/c30-26(25-24(19-8-9-19)14-13-23(29-25)16-28-27(31)32)20-10-5-18(6-11-20)22-12-7-17-3-1-2-4-21(17)15-22/h1-4,7,12-15,18-20,28H,5-6,8-11,16H2,(H,31,32). The molecule has 1 aromatic heterocycles. The van der Waals surface area contributed by atoms with E-state index in [9.17, 15) is 9.59 Å². The zero-order valence-corrected chi connectivity index (χ0v) is 18.1. The number of carbonyl (C=O) groups is 2. The van der Waals surface area contributed by atoms with Crippen molar-refractivity contribution in [2.75, 3.05) is 0 Å². The molecule has 2 aromatic carbocycles. The van der Waals surface area contributed by atoms with E-state index >= 15 is 0 Å². The number of rotatable bonds is 6. The van der Waals surface area contributed by atoms with Gasteiger partial charge in [-0.1, -0.05) is 48.5 Å². The van der Waals surface area contributed by atoms with Gasteiger partial charge >= 0.3 is 6.09 Å². The maximum absolute atomic E-state index is 13.5. The van der Waals surface area contributed by atoms with Crippen molar-refractivity contribution in [3.05, 3.63) is 77.1 Å². The Kier molecular flexibility index (Phi) is 5.64. The number of amides is 1. The largest absolute Gasteiger partial charge is 0.465 e. The second-order valence-electron chi connectivity index (χ2n) is 9.19. The molecule has 5 rings (SSSR count). The van der Waals surface area contributed by atoms with Gasteiger partial charge in [-0.05, 0) is 78.3 Å². The lowest BCUT2D eigenvalue weighted by Crippen LogP contribution is -2.25. The number of ketones is 1. The molecule has 2 aliphatic rings. The molecule has 1 heterocycles. The summed E-state index contributed by atoms with van der Waals surface area (Å²) in [5.41, 5.74) is 3.59. The number of fused-ring (bicyclic) bond motifs is 1. The molecule has 5 nitrogen and oxygen atoms in total. The van der Waals surface area contributed by atoms with E-state index in [1.54, 1.807) is 0 Å². The first-order chi connectivity index (χ1) is 15.6. The number of pyridine rings is 1. The number of carboxylic acid groups (broad SMARTS) is 1. The van der Waals surface area contributed by atoms with Gasteiger partial charge in [0.25, 0.3) is 0 Å². The van der Waals surface area contributed by atoms with Gasteiger partial charge < -0.3 is 10.4 Å². The summed E-state index contributed by atoms with van der Waals surface area (Å²) in [6.07, 6.45) is 4.88. The highest BCUT2D eigenvalue weighted by Crippen LogP contribution is 2.43. The molecule has 164 valence electrons. The first-order valence-electron chi connectivity index (χ1n) is 11.6. The van der Waals surface area contributed by atoms with Crippen LogP contribution < -0.4 is 5.32 Å². The zero-order valence-electron chi connectivity index (χ0n) is 18.1. The summed E-state index contributed by atoms with van der Waals surface area (Å²) < 4.78 is 0. The monoisotopic (exact) mass is 428 g/mol. The average Bonchev–Trinajstić information content (AvgIpc) is 3.67. The smallest absolute Gasteiger partial charge is 0.404 e. The van der Waals surface area contributed by atoms with Gasteiger partial charge in [0.05, 0.1) is 12.2 Å². The van der Waals surface area contributed by atoms with Crippen molar-refractivity contribution in [3.63, 3.8) is 0 Å². The summed E-state index contributed by atoms with van der Waals surface area (Å²) in [7, 11) is 0. The third kappa shape index (κ3) is 4.38. The maximum atomic E-state index is 13.5. The third-order valence-corrected chi connectivity index (χ3v) is 7.00. The van der Waals surface area contributed by atoms with Crippen LogP contribution in [-0.2, 0) is 6.54 Å². The molecule has 32 heavy (non-hydrogen) atoms. The van der Waals surface area contributed by atoms with E-state index in [4.69, 9.17) is 5.11 Å². The fraction of sp³-hybridized carbons (Fsp3) is 0.370. The van der Waals surface area contributed by atoms with Crippen LogP contribution >= 0.6 is 0 Å². The van der Waals surface area contributed by atoms with Crippen molar-refractivity contribution in [1.29, 1.82) is 0 Å². The quantitative estimate of drug-likeness (QED) is 0.469. The van der Waals surface area contributed by atoms with E-state index in [2.05, 4.69) is 52.8 Å². The van der Waals surface area contributed by atoms with Crippen molar-refractivity contribution in [3.8, 4) is 0 Å². The molecule has 0 unspecified atom stereocenters. The number of carbonyl (C=O) groups excluding carboxylic acids is 1. The van der Waals surface area contributed by atoms with Crippen LogP contribution in [0.15, 0.2) is 54.6 Å². The van der Waals surface area contributed by atoms with Gasteiger partial charge in [0.15, 0.2) is 5.78 Å². The van der Waals surface area contributed by atoms with Gasteiger partial charge in [-0.15, -0.1) is 0 Å². The molecule has 0 aliphatic heterocycles. The molecule has 0 atom stereocenters. The lowest BCUT2D eigenvalue weighted by Gasteiger charge is -2.28. The minimum atomic E-state index is -1.09. The lowest BCUT2D eigenvalue weighted by molar-refractivity contribution is 0.0877. The molecule has 0 spiro atoms. The minimum Gasteiger partial charge on any atom is -0.465 e. The minimum absolute atomic E-state index is 0.000565. The highest BCUT2D eigenvalue weighted by Gasteiger charge is 2.34.